The third-order valence-corrected chi connectivity index (χ3v) is 4.41. The Morgan fingerprint density at radius 3 is 2.72 bits per heavy atom. The summed E-state index contributed by atoms with van der Waals surface area (Å²) in [4.78, 5) is 20.6. The molecule has 132 valence electrons. The van der Waals surface area contributed by atoms with Crippen LogP contribution >= 0.6 is 0 Å². The van der Waals surface area contributed by atoms with E-state index >= 15 is 0 Å². The number of rotatable bonds is 6. The standard InChI is InChI=1S/C16H19N5O4/c1-11-4-2-5-12(6-3-9-17)16(11)19-18-14-8-7-13(20(22)23)10-15(14)21(24)25/h7-8,10-12,18H,2-6H2,1H3/t11-,12+/m1/s1. The van der Waals surface area contributed by atoms with Crippen LogP contribution in [0.2, 0.25) is 0 Å². The zero-order chi connectivity index (χ0) is 18.4. The number of anilines is 1. The lowest BCUT2D eigenvalue weighted by molar-refractivity contribution is -0.393. The van der Waals surface area contributed by atoms with E-state index < -0.39 is 15.5 Å². The molecule has 1 aromatic carbocycles. The summed E-state index contributed by atoms with van der Waals surface area (Å²) < 4.78 is 0. The maximum Gasteiger partial charge on any atom is 0.301 e. The summed E-state index contributed by atoms with van der Waals surface area (Å²) in [7, 11) is 0. The summed E-state index contributed by atoms with van der Waals surface area (Å²) in [6.07, 6.45) is 4.13. The van der Waals surface area contributed by atoms with Gasteiger partial charge in [-0.25, -0.2) is 0 Å². The first-order valence-corrected chi connectivity index (χ1v) is 8.07. The number of benzene rings is 1. The summed E-state index contributed by atoms with van der Waals surface area (Å²) in [6.45, 7) is 2.04. The van der Waals surface area contributed by atoms with Gasteiger partial charge in [0.1, 0.15) is 5.69 Å². The van der Waals surface area contributed by atoms with E-state index in [9.17, 15) is 20.2 Å². The van der Waals surface area contributed by atoms with Crippen molar-refractivity contribution in [2.45, 2.75) is 39.0 Å². The smallest absolute Gasteiger partial charge is 0.272 e. The average molecular weight is 345 g/mol. The van der Waals surface area contributed by atoms with Crippen molar-refractivity contribution in [3.63, 3.8) is 0 Å². The number of nitrogens with one attached hydrogen (secondary N) is 1. The largest absolute Gasteiger partial charge is 0.301 e. The minimum atomic E-state index is -0.677. The molecular weight excluding hydrogens is 326 g/mol. The highest BCUT2D eigenvalue weighted by atomic mass is 16.6. The predicted molar refractivity (Wildman–Crippen MR) is 92.2 cm³/mol. The molecule has 0 heterocycles. The van der Waals surface area contributed by atoms with Crippen LogP contribution in [0, 0.1) is 43.4 Å². The van der Waals surface area contributed by atoms with Gasteiger partial charge in [-0.3, -0.25) is 25.7 Å². The molecule has 0 aromatic heterocycles. The number of hydrogen-bond acceptors (Lipinski definition) is 7. The molecule has 9 nitrogen and oxygen atoms in total. The monoisotopic (exact) mass is 345 g/mol. The summed E-state index contributed by atoms with van der Waals surface area (Å²) >= 11 is 0. The van der Waals surface area contributed by atoms with Crippen molar-refractivity contribution in [1.82, 2.24) is 0 Å². The van der Waals surface area contributed by atoms with E-state index in [2.05, 4.69) is 16.6 Å². The number of nitro groups is 2. The van der Waals surface area contributed by atoms with E-state index in [4.69, 9.17) is 5.26 Å². The van der Waals surface area contributed by atoms with Crippen molar-refractivity contribution < 1.29 is 9.85 Å². The van der Waals surface area contributed by atoms with Crippen molar-refractivity contribution >= 4 is 22.8 Å². The number of nitro benzene ring substituents is 2. The van der Waals surface area contributed by atoms with Crippen molar-refractivity contribution in [2.24, 2.45) is 16.9 Å². The average Bonchev–Trinajstić information content (AvgIpc) is 2.58. The third kappa shape index (κ3) is 4.50. The third-order valence-electron chi connectivity index (χ3n) is 4.41. The van der Waals surface area contributed by atoms with E-state index in [1.807, 2.05) is 6.92 Å². The highest BCUT2D eigenvalue weighted by molar-refractivity contribution is 5.90. The number of hydrogen-bond donors (Lipinski definition) is 1. The van der Waals surface area contributed by atoms with Crippen LogP contribution in [-0.2, 0) is 0 Å². The van der Waals surface area contributed by atoms with Crippen LogP contribution in [-0.4, -0.2) is 15.6 Å². The fraction of sp³-hybridized carbons (Fsp3) is 0.500. The Hall–Kier alpha value is -3.02. The minimum absolute atomic E-state index is 0.111. The van der Waals surface area contributed by atoms with Crippen LogP contribution in [0.5, 0.6) is 0 Å². The first-order chi connectivity index (χ1) is 11.9. The lowest BCUT2D eigenvalue weighted by Gasteiger charge is -2.28. The van der Waals surface area contributed by atoms with Crippen LogP contribution in [0.25, 0.3) is 0 Å². The second-order valence-electron chi connectivity index (χ2n) is 6.09. The minimum Gasteiger partial charge on any atom is -0.272 e. The molecule has 2 atom stereocenters. The molecule has 1 saturated carbocycles. The van der Waals surface area contributed by atoms with Crippen LogP contribution < -0.4 is 5.43 Å². The maximum atomic E-state index is 11.2. The fourth-order valence-electron chi connectivity index (χ4n) is 3.11. The summed E-state index contributed by atoms with van der Waals surface area (Å²) in [5, 5.41) is 35.1. The second-order valence-corrected chi connectivity index (χ2v) is 6.09. The number of nitriles is 1. The summed E-state index contributed by atoms with van der Waals surface area (Å²) in [6, 6.07) is 5.54. The van der Waals surface area contributed by atoms with Gasteiger partial charge in [-0.1, -0.05) is 13.3 Å². The molecule has 1 aliphatic carbocycles. The quantitative estimate of drug-likeness (QED) is 0.611. The molecule has 1 fully saturated rings. The molecule has 9 heteroatoms. The van der Waals surface area contributed by atoms with Gasteiger partial charge in [0.25, 0.3) is 5.69 Å². The summed E-state index contributed by atoms with van der Waals surface area (Å²) in [5.74, 6) is 0.398. The van der Waals surface area contributed by atoms with Gasteiger partial charge in [-0.15, -0.1) is 0 Å². The van der Waals surface area contributed by atoms with E-state index in [-0.39, 0.29) is 23.2 Å². The molecule has 0 unspecified atom stereocenters. The lowest BCUT2D eigenvalue weighted by atomic mass is 9.78. The Kier molecular flexibility index (Phi) is 6.00. The molecule has 0 spiro atoms. The van der Waals surface area contributed by atoms with Crippen molar-refractivity contribution in [2.75, 3.05) is 5.43 Å². The lowest BCUT2D eigenvalue weighted by Crippen LogP contribution is -2.27. The SMILES string of the molecule is C[C@@H]1CCC[C@@H](CCC#N)C1=NNc1ccc([N+](=O)[O-])cc1[N+](=O)[O-]. The molecule has 0 bridgehead atoms. The molecule has 0 amide bonds. The highest BCUT2D eigenvalue weighted by Crippen LogP contribution is 2.32. The van der Waals surface area contributed by atoms with E-state index in [1.54, 1.807) is 0 Å². The molecule has 2 rings (SSSR count). The van der Waals surface area contributed by atoms with Gasteiger partial charge in [0.15, 0.2) is 0 Å². The number of nitrogens with zero attached hydrogens (tertiary/aromatic N) is 4. The molecular formula is C16H19N5O4. The fourth-order valence-corrected chi connectivity index (χ4v) is 3.11. The van der Waals surface area contributed by atoms with Gasteiger partial charge in [0, 0.05) is 24.1 Å². The zero-order valence-corrected chi connectivity index (χ0v) is 13.8. The molecule has 0 saturated heterocycles. The first-order valence-electron chi connectivity index (χ1n) is 8.07. The Morgan fingerprint density at radius 2 is 2.08 bits per heavy atom. The number of non-ortho nitro benzene ring substituents is 1. The van der Waals surface area contributed by atoms with E-state index in [0.717, 1.165) is 31.0 Å². The molecule has 1 N–H and O–H groups in total. The molecule has 0 radical (unpaired) electrons. The van der Waals surface area contributed by atoms with Crippen LogP contribution in [0.4, 0.5) is 17.1 Å². The Morgan fingerprint density at radius 1 is 1.32 bits per heavy atom. The maximum absolute atomic E-state index is 11.2. The van der Waals surface area contributed by atoms with Crippen LogP contribution in [0.3, 0.4) is 0 Å². The second kappa shape index (κ2) is 8.19. The van der Waals surface area contributed by atoms with Gasteiger partial charge in [-0.05, 0) is 31.2 Å². The predicted octanol–water partition coefficient (Wildman–Crippen LogP) is 4.01. The molecule has 1 aromatic rings. The highest BCUT2D eigenvalue weighted by Gasteiger charge is 2.27. The van der Waals surface area contributed by atoms with Crippen molar-refractivity contribution in [1.29, 1.82) is 5.26 Å². The van der Waals surface area contributed by atoms with Gasteiger partial charge in [0.05, 0.1) is 22.0 Å². The van der Waals surface area contributed by atoms with Gasteiger partial charge < -0.3 is 0 Å². The Labute approximate surface area is 144 Å². The van der Waals surface area contributed by atoms with Gasteiger partial charge in [-0.2, -0.15) is 10.4 Å². The topological polar surface area (TPSA) is 134 Å². The van der Waals surface area contributed by atoms with Gasteiger partial charge >= 0.3 is 5.69 Å². The normalized spacial score (nSPS) is 21.5. The molecule has 25 heavy (non-hydrogen) atoms. The van der Waals surface area contributed by atoms with Crippen molar-refractivity contribution in [3.05, 3.63) is 38.4 Å². The van der Waals surface area contributed by atoms with E-state index in [1.165, 1.54) is 12.1 Å². The first kappa shape index (κ1) is 18.3. The number of hydrazone groups is 1. The van der Waals surface area contributed by atoms with E-state index in [0.29, 0.717) is 12.8 Å². The Bertz CT molecular complexity index is 741. The summed E-state index contributed by atoms with van der Waals surface area (Å²) in [5.41, 5.74) is 2.98. The molecule has 0 aliphatic heterocycles. The molecule has 1 aliphatic rings. The van der Waals surface area contributed by atoms with Gasteiger partial charge in [0.2, 0.25) is 0 Å². The van der Waals surface area contributed by atoms with Crippen LogP contribution in [0.1, 0.15) is 39.0 Å². The van der Waals surface area contributed by atoms with Crippen molar-refractivity contribution in [3.8, 4) is 6.07 Å². The van der Waals surface area contributed by atoms with Crippen LogP contribution in [0.15, 0.2) is 23.3 Å². The Balaban J connectivity index is 2.27. The zero-order valence-electron chi connectivity index (χ0n) is 13.8.